The molecule has 6 nitrogen and oxygen atoms in total. The van der Waals surface area contributed by atoms with Crippen LogP contribution in [0.15, 0.2) is 0 Å². The van der Waals surface area contributed by atoms with Crippen LogP contribution in [0.25, 0.3) is 0 Å². The molecule has 0 heterocycles. The van der Waals surface area contributed by atoms with E-state index in [0.717, 1.165) is 32.6 Å². The Morgan fingerprint density at radius 3 is 2.14 bits per heavy atom. The highest BCUT2D eigenvalue weighted by molar-refractivity contribution is 5.76. The standard InChI is InChI=1S/C15H30N2O4/c1-5-17(6-2)14(18)8-7-10-16(12-13-20-3)11-9-15(19)21-4/h5-13H2,1-4H3. The molecule has 0 unspecified atom stereocenters. The van der Waals surface area contributed by atoms with Gasteiger partial charge in [-0.1, -0.05) is 0 Å². The summed E-state index contributed by atoms with van der Waals surface area (Å²) in [7, 11) is 3.05. The van der Waals surface area contributed by atoms with Crippen LogP contribution in [-0.2, 0) is 19.1 Å². The molecule has 0 aliphatic carbocycles. The van der Waals surface area contributed by atoms with Crippen molar-refractivity contribution in [2.24, 2.45) is 0 Å². The van der Waals surface area contributed by atoms with Crippen molar-refractivity contribution in [2.45, 2.75) is 33.1 Å². The van der Waals surface area contributed by atoms with Crippen LogP contribution in [0, 0.1) is 0 Å². The van der Waals surface area contributed by atoms with E-state index in [1.54, 1.807) is 7.11 Å². The number of rotatable bonds is 12. The first-order valence-electron chi connectivity index (χ1n) is 7.64. The number of carbonyl (C=O) groups is 2. The summed E-state index contributed by atoms with van der Waals surface area (Å²) in [5.41, 5.74) is 0. The molecule has 0 aromatic carbocycles. The van der Waals surface area contributed by atoms with Crippen molar-refractivity contribution in [3.05, 3.63) is 0 Å². The van der Waals surface area contributed by atoms with E-state index in [1.807, 2.05) is 18.7 Å². The zero-order valence-corrected chi connectivity index (χ0v) is 13.9. The fraction of sp³-hybridized carbons (Fsp3) is 0.867. The number of nitrogens with zero attached hydrogens (tertiary/aromatic N) is 2. The van der Waals surface area contributed by atoms with E-state index in [-0.39, 0.29) is 11.9 Å². The van der Waals surface area contributed by atoms with Crippen molar-refractivity contribution >= 4 is 11.9 Å². The van der Waals surface area contributed by atoms with Crippen LogP contribution >= 0.6 is 0 Å². The van der Waals surface area contributed by atoms with E-state index < -0.39 is 0 Å². The summed E-state index contributed by atoms with van der Waals surface area (Å²) in [6.45, 7) is 8.28. The van der Waals surface area contributed by atoms with Crippen LogP contribution in [0.1, 0.15) is 33.1 Å². The lowest BCUT2D eigenvalue weighted by Crippen LogP contribution is -2.33. The quantitative estimate of drug-likeness (QED) is 0.506. The van der Waals surface area contributed by atoms with Gasteiger partial charge in [0.1, 0.15) is 0 Å². The average Bonchev–Trinajstić information content (AvgIpc) is 2.50. The van der Waals surface area contributed by atoms with E-state index >= 15 is 0 Å². The summed E-state index contributed by atoms with van der Waals surface area (Å²) < 4.78 is 9.72. The third kappa shape index (κ3) is 9.42. The fourth-order valence-corrected chi connectivity index (χ4v) is 2.10. The molecule has 0 radical (unpaired) electrons. The van der Waals surface area contributed by atoms with Gasteiger partial charge in [0.15, 0.2) is 0 Å². The lowest BCUT2D eigenvalue weighted by atomic mass is 10.2. The molecule has 21 heavy (non-hydrogen) atoms. The van der Waals surface area contributed by atoms with Crippen molar-refractivity contribution in [1.82, 2.24) is 9.80 Å². The monoisotopic (exact) mass is 302 g/mol. The molecular formula is C15H30N2O4. The van der Waals surface area contributed by atoms with Gasteiger partial charge in [-0.25, -0.2) is 0 Å². The van der Waals surface area contributed by atoms with E-state index in [2.05, 4.69) is 9.64 Å². The van der Waals surface area contributed by atoms with Gasteiger partial charge in [0.25, 0.3) is 0 Å². The van der Waals surface area contributed by atoms with Gasteiger partial charge in [0, 0.05) is 39.7 Å². The van der Waals surface area contributed by atoms with Crippen LogP contribution in [0.3, 0.4) is 0 Å². The molecule has 0 spiro atoms. The van der Waals surface area contributed by atoms with E-state index in [4.69, 9.17) is 4.74 Å². The second kappa shape index (κ2) is 12.6. The van der Waals surface area contributed by atoms with E-state index in [0.29, 0.717) is 26.0 Å². The lowest BCUT2D eigenvalue weighted by Gasteiger charge is -2.22. The number of hydrogen-bond acceptors (Lipinski definition) is 5. The maximum atomic E-state index is 11.9. The molecule has 0 aromatic rings. The highest BCUT2D eigenvalue weighted by atomic mass is 16.5. The number of carbonyl (C=O) groups excluding carboxylic acids is 2. The molecule has 0 saturated carbocycles. The Kier molecular flexibility index (Phi) is 11.9. The predicted molar refractivity (Wildman–Crippen MR) is 82.1 cm³/mol. The molecule has 0 aliphatic rings. The molecule has 0 atom stereocenters. The SMILES string of the molecule is CCN(CC)C(=O)CCCN(CCOC)CCC(=O)OC. The van der Waals surface area contributed by atoms with Crippen molar-refractivity contribution < 1.29 is 19.1 Å². The number of amides is 1. The Bertz CT molecular complexity index is 293. The van der Waals surface area contributed by atoms with Gasteiger partial charge in [-0.05, 0) is 26.8 Å². The highest BCUT2D eigenvalue weighted by Crippen LogP contribution is 2.02. The Hall–Kier alpha value is -1.14. The summed E-state index contributed by atoms with van der Waals surface area (Å²) in [4.78, 5) is 27.1. The minimum Gasteiger partial charge on any atom is -0.469 e. The third-order valence-corrected chi connectivity index (χ3v) is 3.45. The maximum Gasteiger partial charge on any atom is 0.306 e. The lowest BCUT2D eigenvalue weighted by molar-refractivity contribution is -0.141. The van der Waals surface area contributed by atoms with Gasteiger partial charge in [0.2, 0.25) is 5.91 Å². The van der Waals surface area contributed by atoms with Crippen LogP contribution in [0.2, 0.25) is 0 Å². The molecule has 0 N–H and O–H groups in total. The smallest absolute Gasteiger partial charge is 0.306 e. The zero-order valence-electron chi connectivity index (χ0n) is 13.9. The Morgan fingerprint density at radius 2 is 1.62 bits per heavy atom. The summed E-state index contributed by atoms with van der Waals surface area (Å²) in [5, 5.41) is 0. The average molecular weight is 302 g/mol. The molecule has 124 valence electrons. The minimum absolute atomic E-state index is 0.194. The number of hydrogen-bond donors (Lipinski definition) is 0. The first kappa shape index (κ1) is 19.9. The largest absolute Gasteiger partial charge is 0.469 e. The van der Waals surface area contributed by atoms with Crippen LogP contribution in [0.4, 0.5) is 0 Å². The van der Waals surface area contributed by atoms with Gasteiger partial charge >= 0.3 is 5.97 Å². The van der Waals surface area contributed by atoms with Crippen molar-refractivity contribution in [3.8, 4) is 0 Å². The Morgan fingerprint density at radius 1 is 0.952 bits per heavy atom. The summed E-state index contributed by atoms with van der Waals surface area (Å²) in [5.74, 6) is -0.0173. The van der Waals surface area contributed by atoms with Gasteiger partial charge in [0.05, 0.1) is 20.1 Å². The normalized spacial score (nSPS) is 10.7. The first-order valence-corrected chi connectivity index (χ1v) is 7.64. The zero-order chi connectivity index (χ0) is 16.1. The fourth-order valence-electron chi connectivity index (χ4n) is 2.10. The predicted octanol–water partition coefficient (Wildman–Crippen LogP) is 1.15. The topological polar surface area (TPSA) is 59.1 Å². The Balaban J connectivity index is 4.10. The van der Waals surface area contributed by atoms with Crippen LogP contribution in [-0.4, -0.2) is 75.2 Å². The number of ether oxygens (including phenoxy) is 2. The van der Waals surface area contributed by atoms with E-state index in [9.17, 15) is 9.59 Å². The minimum atomic E-state index is -0.211. The van der Waals surface area contributed by atoms with Gasteiger partial charge in [-0.3, -0.25) is 9.59 Å². The molecule has 0 saturated heterocycles. The van der Waals surface area contributed by atoms with Crippen molar-refractivity contribution in [3.63, 3.8) is 0 Å². The molecule has 6 heteroatoms. The second-order valence-corrected chi connectivity index (χ2v) is 4.83. The van der Waals surface area contributed by atoms with E-state index in [1.165, 1.54) is 7.11 Å². The number of methoxy groups -OCH3 is 2. The maximum absolute atomic E-state index is 11.9. The van der Waals surface area contributed by atoms with Gasteiger partial charge in [-0.2, -0.15) is 0 Å². The summed E-state index contributed by atoms with van der Waals surface area (Å²) in [6.07, 6.45) is 1.70. The first-order chi connectivity index (χ1) is 10.1. The summed E-state index contributed by atoms with van der Waals surface area (Å²) >= 11 is 0. The van der Waals surface area contributed by atoms with Crippen LogP contribution in [0.5, 0.6) is 0 Å². The van der Waals surface area contributed by atoms with Crippen molar-refractivity contribution in [1.29, 1.82) is 0 Å². The molecule has 0 aromatic heterocycles. The molecule has 0 bridgehead atoms. The molecule has 0 aliphatic heterocycles. The molecule has 1 amide bonds. The molecular weight excluding hydrogens is 272 g/mol. The molecule has 0 fully saturated rings. The summed E-state index contributed by atoms with van der Waals surface area (Å²) in [6, 6.07) is 0. The van der Waals surface area contributed by atoms with Gasteiger partial charge < -0.3 is 19.3 Å². The van der Waals surface area contributed by atoms with Crippen molar-refractivity contribution in [2.75, 3.05) is 53.6 Å². The molecule has 0 rings (SSSR count). The highest BCUT2D eigenvalue weighted by Gasteiger charge is 2.12. The number of esters is 1. The third-order valence-electron chi connectivity index (χ3n) is 3.45. The van der Waals surface area contributed by atoms with Crippen LogP contribution < -0.4 is 0 Å². The Labute approximate surface area is 128 Å². The second-order valence-electron chi connectivity index (χ2n) is 4.83. The van der Waals surface area contributed by atoms with Gasteiger partial charge in [-0.15, -0.1) is 0 Å².